The normalized spacial score (nSPS) is 16.1. The zero-order valence-electron chi connectivity index (χ0n) is 11.4. The first-order valence-electron chi connectivity index (χ1n) is 6.45. The van der Waals surface area contributed by atoms with Crippen molar-refractivity contribution in [3.8, 4) is 0 Å². The number of nitrogens with one attached hydrogen (secondary N) is 2. The van der Waals surface area contributed by atoms with Crippen molar-refractivity contribution >= 4 is 28.3 Å². The van der Waals surface area contributed by atoms with E-state index in [1.54, 1.807) is 0 Å². The number of likely N-dealkylation sites (N-methyl/N-ethyl adjacent to an activating group) is 1. The van der Waals surface area contributed by atoms with Gasteiger partial charge in [-0.05, 0) is 26.3 Å². The molecule has 1 aliphatic heterocycles. The fourth-order valence-corrected chi connectivity index (χ4v) is 3.51. The van der Waals surface area contributed by atoms with Crippen molar-refractivity contribution in [2.45, 2.75) is 25.7 Å². The van der Waals surface area contributed by atoms with E-state index >= 15 is 0 Å². The fraction of sp³-hybridized carbons (Fsp3) is 0.909. The van der Waals surface area contributed by atoms with E-state index in [-0.39, 0.29) is 30.5 Å². The highest BCUT2D eigenvalue weighted by atomic mass is 35.5. The second kappa shape index (κ2) is 9.52. The lowest BCUT2D eigenvalue weighted by Gasteiger charge is -2.14. The zero-order valence-corrected chi connectivity index (χ0v) is 13.0. The van der Waals surface area contributed by atoms with Gasteiger partial charge < -0.3 is 10.6 Å². The first kappa shape index (κ1) is 18.6. The Morgan fingerprint density at radius 3 is 2.42 bits per heavy atom. The van der Waals surface area contributed by atoms with Crippen molar-refractivity contribution in [1.29, 1.82) is 0 Å². The molecule has 1 aliphatic rings. The Hall–Kier alpha value is -0.370. The van der Waals surface area contributed by atoms with Crippen LogP contribution in [0.5, 0.6) is 0 Å². The van der Waals surface area contributed by atoms with Crippen LogP contribution in [0, 0.1) is 0 Å². The lowest BCUT2D eigenvalue weighted by molar-refractivity contribution is -0.121. The molecule has 1 amide bonds. The van der Waals surface area contributed by atoms with E-state index in [1.807, 2.05) is 7.05 Å². The third-order valence-electron chi connectivity index (χ3n) is 2.96. The van der Waals surface area contributed by atoms with Crippen LogP contribution in [0.25, 0.3) is 0 Å². The average molecular weight is 314 g/mol. The molecule has 0 spiro atoms. The van der Waals surface area contributed by atoms with Crippen molar-refractivity contribution < 1.29 is 13.2 Å². The highest BCUT2D eigenvalue weighted by Crippen LogP contribution is 2.14. The highest BCUT2D eigenvalue weighted by Gasteiger charge is 2.24. The van der Waals surface area contributed by atoms with Crippen LogP contribution in [0.15, 0.2) is 0 Å². The molecular weight excluding hydrogens is 290 g/mol. The molecular formula is C11H24ClN3O3S. The molecule has 0 saturated carbocycles. The van der Waals surface area contributed by atoms with Crippen LogP contribution in [0.2, 0.25) is 0 Å². The van der Waals surface area contributed by atoms with Gasteiger partial charge in [-0.15, -0.1) is 12.4 Å². The summed E-state index contributed by atoms with van der Waals surface area (Å²) >= 11 is 0. The summed E-state index contributed by atoms with van der Waals surface area (Å²) in [5.74, 6) is -0.00576. The number of carbonyl (C=O) groups excluding carboxylic acids is 1. The van der Waals surface area contributed by atoms with Crippen LogP contribution in [0.1, 0.15) is 25.7 Å². The summed E-state index contributed by atoms with van der Waals surface area (Å²) in [4.78, 5) is 11.4. The van der Waals surface area contributed by atoms with Gasteiger partial charge in [0.2, 0.25) is 15.9 Å². The summed E-state index contributed by atoms with van der Waals surface area (Å²) < 4.78 is 25.3. The van der Waals surface area contributed by atoms with Crippen LogP contribution in [-0.4, -0.2) is 57.6 Å². The number of hydrogen-bond acceptors (Lipinski definition) is 4. The van der Waals surface area contributed by atoms with Gasteiger partial charge in [0.1, 0.15) is 0 Å². The lowest BCUT2D eigenvalue weighted by atomic mass is 10.3. The van der Waals surface area contributed by atoms with Gasteiger partial charge in [-0.25, -0.2) is 12.7 Å². The Morgan fingerprint density at radius 2 is 1.84 bits per heavy atom. The van der Waals surface area contributed by atoms with Gasteiger partial charge in [-0.3, -0.25) is 4.79 Å². The Labute approximate surface area is 121 Å². The number of rotatable bonds is 8. The van der Waals surface area contributed by atoms with E-state index in [0.717, 1.165) is 19.4 Å². The van der Waals surface area contributed by atoms with E-state index < -0.39 is 10.0 Å². The molecule has 1 fully saturated rings. The maximum Gasteiger partial charge on any atom is 0.220 e. The molecule has 1 heterocycles. The Morgan fingerprint density at radius 1 is 1.21 bits per heavy atom. The van der Waals surface area contributed by atoms with Gasteiger partial charge >= 0.3 is 0 Å². The maximum absolute atomic E-state index is 11.9. The number of nitrogens with zero attached hydrogens (tertiary/aromatic N) is 1. The maximum atomic E-state index is 11.9. The van der Waals surface area contributed by atoms with Gasteiger partial charge in [0.15, 0.2) is 0 Å². The third kappa shape index (κ3) is 7.10. The fourth-order valence-electron chi connectivity index (χ4n) is 1.93. The molecule has 0 atom stereocenters. The topological polar surface area (TPSA) is 78.5 Å². The van der Waals surface area contributed by atoms with E-state index in [9.17, 15) is 13.2 Å². The third-order valence-corrected chi connectivity index (χ3v) is 4.92. The number of carbonyl (C=O) groups is 1. The van der Waals surface area contributed by atoms with E-state index in [4.69, 9.17) is 0 Å². The summed E-state index contributed by atoms with van der Waals surface area (Å²) in [6.45, 7) is 2.57. The molecule has 19 heavy (non-hydrogen) atoms. The minimum atomic E-state index is -3.14. The molecule has 1 saturated heterocycles. The molecule has 6 nitrogen and oxygen atoms in total. The zero-order chi connectivity index (χ0) is 13.4. The molecule has 0 aromatic carbocycles. The molecule has 0 bridgehead atoms. The Balaban J connectivity index is 0.00000324. The number of amides is 1. The summed E-state index contributed by atoms with van der Waals surface area (Å²) in [6, 6.07) is 0. The predicted molar refractivity (Wildman–Crippen MR) is 78.0 cm³/mol. The van der Waals surface area contributed by atoms with Gasteiger partial charge in [0.25, 0.3) is 0 Å². The predicted octanol–water partition coefficient (Wildman–Crippen LogP) is -0.0504. The van der Waals surface area contributed by atoms with Gasteiger partial charge in [0, 0.05) is 32.6 Å². The van der Waals surface area contributed by atoms with E-state index in [1.165, 1.54) is 4.31 Å². The summed E-state index contributed by atoms with van der Waals surface area (Å²) in [7, 11) is -1.33. The summed E-state index contributed by atoms with van der Waals surface area (Å²) in [5.41, 5.74) is 0. The van der Waals surface area contributed by atoms with Crippen LogP contribution < -0.4 is 10.6 Å². The second-order valence-electron chi connectivity index (χ2n) is 4.48. The number of hydrogen-bond donors (Lipinski definition) is 2. The van der Waals surface area contributed by atoms with Gasteiger partial charge in [-0.1, -0.05) is 0 Å². The van der Waals surface area contributed by atoms with Crippen LogP contribution in [-0.2, 0) is 14.8 Å². The second-order valence-corrected chi connectivity index (χ2v) is 6.57. The first-order chi connectivity index (χ1) is 8.56. The van der Waals surface area contributed by atoms with Gasteiger partial charge in [-0.2, -0.15) is 0 Å². The average Bonchev–Trinajstić information content (AvgIpc) is 2.83. The molecule has 0 aromatic rings. The minimum Gasteiger partial charge on any atom is -0.355 e. The lowest BCUT2D eigenvalue weighted by Crippen LogP contribution is -2.32. The van der Waals surface area contributed by atoms with Crippen molar-refractivity contribution in [3.63, 3.8) is 0 Å². The summed E-state index contributed by atoms with van der Waals surface area (Å²) in [6.07, 6.45) is 2.56. The molecule has 0 unspecified atom stereocenters. The molecule has 2 N–H and O–H groups in total. The van der Waals surface area contributed by atoms with Crippen LogP contribution in [0.4, 0.5) is 0 Å². The molecule has 0 aromatic heterocycles. The van der Waals surface area contributed by atoms with Crippen LogP contribution in [0.3, 0.4) is 0 Å². The standard InChI is InChI=1S/C11H23N3O3S.ClH/c1-12-6-7-13-11(15)5-4-10-18(16,17)14-8-2-3-9-14;/h12H,2-10H2,1H3,(H,13,15);1H. The van der Waals surface area contributed by atoms with Crippen molar-refractivity contribution in [2.24, 2.45) is 0 Å². The van der Waals surface area contributed by atoms with Crippen molar-refractivity contribution in [3.05, 3.63) is 0 Å². The molecule has 0 radical (unpaired) electrons. The van der Waals surface area contributed by atoms with E-state index in [2.05, 4.69) is 10.6 Å². The van der Waals surface area contributed by atoms with Crippen LogP contribution >= 0.6 is 12.4 Å². The monoisotopic (exact) mass is 313 g/mol. The Kier molecular flexibility index (Phi) is 9.34. The Bertz CT molecular complexity index is 356. The molecule has 8 heteroatoms. The van der Waals surface area contributed by atoms with Gasteiger partial charge in [0.05, 0.1) is 5.75 Å². The number of halogens is 1. The smallest absolute Gasteiger partial charge is 0.220 e. The van der Waals surface area contributed by atoms with Crippen molar-refractivity contribution in [1.82, 2.24) is 14.9 Å². The van der Waals surface area contributed by atoms with Crippen molar-refractivity contribution in [2.75, 3.05) is 39.0 Å². The minimum absolute atomic E-state index is 0. The molecule has 114 valence electrons. The molecule has 1 rings (SSSR count). The largest absolute Gasteiger partial charge is 0.355 e. The first-order valence-corrected chi connectivity index (χ1v) is 8.06. The SMILES string of the molecule is CNCCNC(=O)CCCS(=O)(=O)N1CCCC1.Cl. The quantitative estimate of drug-likeness (QED) is 0.616. The number of sulfonamides is 1. The molecule has 0 aliphatic carbocycles. The summed E-state index contributed by atoms with van der Waals surface area (Å²) in [5, 5.41) is 5.65. The highest BCUT2D eigenvalue weighted by molar-refractivity contribution is 7.89. The van der Waals surface area contributed by atoms with E-state index in [0.29, 0.717) is 26.1 Å².